The summed E-state index contributed by atoms with van der Waals surface area (Å²) in [5, 5.41) is 2.42. The minimum absolute atomic E-state index is 0.261. The zero-order chi connectivity index (χ0) is 34.2. The zero-order valence-electron chi connectivity index (χ0n) is 28.8. The third kappa shape index (κ3) is 4.23. The lowest BCUT2D eigenvalue weighted by molar-refractivity contribution is 0.563. The molecule has 7 aromatic rings. The largest absolute Gasteiger partial charge is 0.258 e. The van der Waals surface area contributed by atoms with Crippen molar-refractivity contribution in [2.45, 2.75) is 31.1 Å². The fraction of sp³-hybridized carbons (Fsp3) is 0.102. The minimum atomic E-state index is -0.428. The molecule has 2 heteroatoms. The normalized spacial score (nSPS) is 16.2. The third-order valence-electron chi connectivity index (χ3n) is 11.5. The molecule has 242 valence electrons. The Bertz CT molecular complexity index is 2590. The molecule has 0 unspecified atom stereocenters. The third-order valence-corrected chi connectivity index (χ3v) is 11.5. The first kappa shape index (κ1) is 29.8. The molecule has 0 N–H and O–H groups in total. The molecule has 0 atom stereocenters. The van der Waals surface area contributed by atoms with E-state index in [0.29, 0.717) is 6.42 Å². The molecule has 1 spiro atoms. The Kier molecular flexibility index (Phi) is 6.54. The maximum Gasteiger partial charge on any atom is 0.0968 e. The average molecular weight is 653 g/mol. The molecule has 2 aliphatic carbocycles. The van der Waals surface area contributed by atoms with E-state index < -0.39 is 5.41 Å². The van der Waals surface area contributed by atoms with E-state index in [9.17, 15) is 0 Å². The molecule has 7 aromatic carbocycles. The van der Waals surface area contributed by atoms with E-state index in [1.807, 2.05) is 6.21 Å². The van der Waals surface area contributed by atoms with E-state index >= 15 is 0 Å². The van der Waals surface area contributed by atoms with Crippen molar-refractivity contribution in [1.82, 2.24) is 0 Å². The van der Waals surface area contributed by atoms with Crippen LogP contribution in [-0.2, 0) is 10.8 Å². The Labute approximate surface area is 299 Å². The van der Waals surface area contributed by atoms with Gasteiger partial charge in [-0.15, -0.1) is 0 Å². The predicted octanol–water partition coefficient (Wildman–Crippen LogP) is 11.6. The van der Waals surface area contributed by atoms with Gasteiger partial charge in [-0.05, 0) is 61.3 Å². The van der Waals surface area contributed by atoms with Gasteiger partial charge in [0, 0.05) is 34.7 Å². The number of benzene rings is 7. The van der Waals surface area contributed by atoms with Crippen molar-refractivity contribution in [2.24, 2.45) is 9.98 Å². The highest BCUT2D eigenvalue weighted by Gasteiger charge is 2.53. The summed E-state index contributed by atoms with van der Waals surface area (Å²) in [6.45, 7) is 4.77. The molecule has 1 heterocycles. The van der Waals surface area contributed by atoms with Crippen molar-refractivity contribution < 1.29 is 0 Å². The van der Waals surface area contributed by atoms with Crippen molar-refractivity contribution in [3.63, 3.8) is 0 Å². The summed E-state index contributed by atoms with van der Waals surface area (Å²) in [5.41, 5.74) is 16.1. The van der Waals surface area contributed by atoms with Crippen LogP contribution in [0, 0.1) is 0 Å². The Morgan fingerprint density at radius 2 is 1.04 bits per heavy atom. The van der Waals surface area contributed by atoms with Gasteiger partial charge in [-0.2, -0.15) is 0 Å². The van der Waals surface area contributed by atoms with Gasteiger partial charge < -0.3 is 0 Å². The fourth-order valence-electron chi connectivity index (χ4n) is 9.17. The van der Waals surface area contributed by atoms with E-state index in [4.69, 9.17) is 9.98 Å². The lowest BCUT2D eigenvalue weighted by atomic mass is 9.55. The predicted molar refractivity (Wildman–Crippen MR) is 213 cm³/mol. The van der Waals surface area contributed by atoms with Crippen LogP contribution in [0.3, 0.4) is 0 Å². The van der Waals surface area contributed by atoms with Crippen LogP contribution >= 0.6 is 0 Å². The van der Waals surface area contributed by atoms with Gasteiger partial charge in [0.25, 0.3) is 0 Å². The summed E-state index contributed by atoms with van der Waals surface area (Å²) >= 11 is 0. The van der Waals surface area contributed by atoms with E-state index in [0.717, 1.165) is 33.8 Å². The summed E-state index contributed by atoms with van der Waals surface area (Å²) in [7, 11) is 0. The molecule has 1 aliphatic heterocycles. The molecule has 0 aromatic heterocycles. The van der Waals surface area contributed by atoms with Gasteiger partial charge in [0.1, 0.15) is 0 Å². The number of rotatable bonds is 3. The van der Waals surface area contributed by atoms with Gasteiger partial charge >= 0.3 is 0 Å². The fourth-order valence-corrected chi connectivity index (χ4v) is 9.17. The molecular formula is C49H36N2. The van der Waals surface area contributed by atoms with Gasteiger partial charge in [-0.3, -0.25) is 4.99 Å². The molecule has 0 amide bonds. The van der Waals surface area contributed by atoms with E-state index in [1.165, 1.54) is 55.3 Å². The molecule has 51 heavy (non-hydrogen) atoms. The summed E-state index contributed by atoms with van der Waals surface area (Å²) in [6, 6.07) is 59.9. The summed E-state index contributed by atoms with van der Waals surface area (Å²) in [5.74, 6) is 0. The summed E-state index contributed by atoms with van der Waals surface area (Å²) in [6.07, 6.45) is 2.68. The smallest absolute Gasteiger partial charge is 0.0968 e. The number of nitrogens with zero attached hydrogens (tertiary/aromatic N) is 2. The van der Waals surface area contributed by atoms with Crippen molar-refractivity contribution in [2.75, 3.05) is 0 Å². The van der Waals surface area contributed by atoms with Gasteiger partial charge in [-0.1, -0.05) is 172 Å². The highest BCUT2D eigenvalue weighted by molar-refractivity contribution is 6.18. The highest BCUT2D eigenvalue weighted by atomic mass is 14.9. The highest BCUT2D eigenvalue weighted by Crippen LogP contribution is 2.62. The van der Waals surface area contributed by atoms with Crippen LogP contribution in [0.25, 0.3) is 33.3 Å². The molecule has 0 saturated heterocycles. The van der Waals surface area contributed by atoms with Gasteiger partial charge in [0.05, 0.1) is 22.5 Å². The van der Waals surface area contributed by atoms with E-state index in [1.54, 1.807) is 0 Å². The van der Waals surface area contributed by atoms with Gasteiger partial charge in [0.15, 0.2) is 0 Å². The Morgan fingerprint density at radius 1 is 0.451 bits per heavy atom. The number of fused-ring (bicyclic) bond motifs is 10. The standard InChI is InChI=1S/C49H36N2/c1-48(2)41-25-12-13-26-42(41)49(39-23-10-8-20-36(39)37-21-9-11-24-40(37)49)43-28-27-34(31-44(43)48)47-46(33-16-4-3-5-17-33)50-30-29-45(51-47)38-22-14-18-32-15-6-7-19-35(32)38/h3-28,30-31H,29H2,1-2H3. The summed E-state index contributed by atoms with van der Waals surface area (Å²) < 4.78 is 0. The van der Waals surface area contributed by atoms with Crippen molar-refractivity contribution in [3.05, 3.63) is 214 Å². The molecule has 0 saturated carbocycles. The Hall–Kier alpha value is -6.12. The summed E-state index contributed by atoms with van der Waals surface area (Å²) in [4.78, 5) is 10.8. The van der Waals surface area contributed by atoms with Crippen LogP contribution in [0.4, 0.5) is 0 Å². The van der Waals surface area contributed by atoms with Crippen LogP contribution in [-0.4, -0.2) is 11.9 Å². The lowest BCUT2D eigenvalue weighted by Crippen LogP contribution is -2.40. The zero-order valence-corrected chi connectivity index (χ0v) is 28.8. The Balaban J connectivity index is 1.27. The molecular weight excluding hydrogens is 617 g/mol. The molecule has 10 rings (SSSR count). The number of hydrogen-bond donors (Lipinski definition) is 0. The van der Waals surface area contributed by atoms with Gasteiger partial charge in [0.2, 0.25) is 0 Å². The maximum atomic E-state index is 5.60. The first-order valence-corrected chi connectivity index (χ1v) is 17.9. The van der Waals surface area contributed by atoms with Crippen LogP contribution in [0.15, 0.2) is 174 Å². The average Bonchev–Trinajstić information content (AvgIpc) is 3.30. The SMILES string of the molecule is CC1(C)c2ccccc2C2(c3ccccc3-c3ccccc32)c2ccc(C3=C(c4ccccc4)N=CCC(c4cccc5ccccc45)=N3)cc21. The van der Waals surface area contributed by atoms with Crippen molar-refractivity contribution in [1.29, 1.82) is 0 Å². The van der Waals surface area contributed by atoms with E-state index in [2.05, 4.69) is 178 Å². The lowest BCUT2D eigenvalue weighted by Gasteiger charge is -2.46. The first-order chi connectivity index (χ1) is 25.1. The molecule has 2 nitrogen and oxygen atoms in total. The number of aliphatic imine (C=N–C) groups is 2. The number of hydrogen-bond acceptors (Lipinski definition) is 2. The van der Waals surface area contributed by atoms with Crippen LogP contribution in [0.5, 0.6) is 0 Å². The van der Waals surface area contributed by atoms with Gasteiger partial charge in [-0.25, -0.2) is 4.99 Å². The Morgan fingerprint density at radius 3 is 1.80 bits per heavy atom. The van der Waals surface area contributed by atoms with Crippen LogP contribution in [0.2, 0.25) is 0 Å². The minimum Gasteiger partial charge on any atom is -0.258 e. The molecule has 0 radical (unpaired) electrons. The quantitative estimate of drug-likeness (QED) is 0.181. The first-order valence-electron chi connectivity index (χ1n) is 17.9. The van der Waals surface area contributed by atoms with Crippen molar-refractivity contribution in [3.8, 4) is 11.1 Å². The topological polar surface area (TPSA) is 24.7 Å². The second-order valence-electron chi connectivity index (χ2n) is 14.4. The van der Waals surface area contributed by atoms with Crippen molar-refractivity contribution >= 4 is 34.1 Å². The molecule has 0 bridgehead atoms. The van der Waals surface area contributed by atoms with Crippen LogP contribution in [0.1, 0.15) is 70.3 Å². The van der Waals surface area contributed by atoms with Crippen LogP contribution < -0.4 is 0 Å². The second kappa shape index (κ2) is 11.2. The second-order valence-corrected chi connectivity index (χ2v) is 14.4. The maximum absolute atomic E-state index is 5.60. The molecule has 3 aliphatic rings. The molecule has 0 fully saturated rings. The van der Waals surface area contributed by atoms with E-state index in [-0.39, 0.29) is 5.41 Å². The monoisotopic (exact) mass is 652 g/mol.